The van der Waals surface area contributed by atoms with Crippen molar-refractivity contribution in [1.82, 2.24) is 26.6 Å². The lowest BCUT2D eigenvalue weighted by Crippen LogP contribution is -2.71. The highest BCUT2D eigenvalue weighted by Crippen LogP contribution is 2.36. The summed E-state index contributed by atoms with van der Waals surface area (Å²) in [4.78, 5) is 74.5. The molecule has 0 radical (unpaired) electrons. The van der Waals surface area contributed by atoms with Gasteiger partial charge in [-0.1, -0.05) is 0 Å². The normalized spacial score (nSPS) is 35.8. The number of rotatable bonds is 13. The number of nitrogens with one attached hydrogen (secondary N) is 5. The third-order valence-corrected chi connectivity index (χ3v) is 9.19. The molecule has 2 heterocycles. The molecule has 0 aromatic heterocycles. The Hall–Kier alpha value is -3.42. The number of hydrogen-bond acceptors (Lipinski definition) is 15. The average Bonchev–Trinajstić information content (AvgIpc) is 3.00. The Kier molecular flexibility index (Phi) is 15.1. The van der Waals surface area contributed by atoms with Crippen molar-refractivity contribution in [3.8, 4) is 0 Å². The molecule has 1 saturated carbocycles. The van der Waals surface area contributed by atoms with E-state index in [1.165, 1.54) is 41.5 Å². The van der Waals surface area contributed by atoms with Gasteiger partial charge in [-0.2, -0.15) is 0 Å². The summed E-state index contributed by atoms with van der Waals surface area (Å²) in [7, 11) is 3.38. The Balaban J connectivity index is 2.12. The molecule has 3 fully saturated rings. The zero-order chi connectivity index (χ0) is 38.2. The van der Waals surface area contributed by atoms with Crippen LogP contribution in [0.3, 0.4) is 0 Å². The van der Waals surface area contributed by atoms with Crippen molar-refractivity contribution in [1.29, 1.82) is 0 Å². The first kappa shape index (κ1) is 42.0. The van der Waals surface area contributed by atoms with Gasteiger partial charge in [0.15, 0.2) is 30.4 Å². The second kappa shape index (κ2) is 18.4. The number of amides is 3. The summed E-state index contributed by atoms with van der Waals surface area (Å²) >= 11 is 0. The third-order valence-electron chi connectivity index (χ3n) is 9.19. The summed E-state index contributed by atoms with van der Waals surface area (Å²) in [5.41, 5.74) is -1.29. The number of esters is 3. The molecule has 3 amide bonds. The van der Waals surface area contributed by atoms with Crippen LogP contribution in [0.1, 0.15) is 74.7 Å². The molecule has 51 heavy (non-hydrogen) atoms. The van der Waals surface area contributed by atoms with E-state index in [1.54, 1.807) is 21.0 Å². The third kappa shape index (κ3) is 11.3. The minimum absolute atomic E-state index is 0.0334. The van der Waals surface area contributed by atoms with Crippen LogP contribution in [-0.4, -0.2) is 135 Å². The fourth-order valence-electron chi connectivity index (χ4n) is 7.13. The summed E-state index contributed by atoms with van der Waals surface area (Å²) < 4.78 is 42.8. The Morgan fingerprint density at radius 1 is 0.686 bits per heavy atom. The van der Waals surface area contributed by atoms with Crippen molar-refractivity contribution < 1.29 is 61.9 Å². The van der Waals surface area contributed by atoms with E-state index in [2.05, 4.69) is 26.6 Å². The molecular formula is C33H55N5O13. The van der Waals surface area contributed by atoms with Gasteiger partial charge >= 0.3 is 17.9 Å². The topological polar surface area (TPSA) is 227 Å². The summed E-state index contributed by atoms with van der Waals surface area (Å²) in [6, 6.07) is -3.29. The molecule has 290 valence electrons. The van der Waals surface area contributed by atoms with E-state index in [0.717, 1.165) is 0 Å². The largest absolute Gasteiger partial charge is 0.457 e. The molecule has 0 spiro atoms. The highest BCUT2D eigenvalue weighted by atomic mass is 16.7. The Bertz CT molecular complexity index is 1270. The van der Waals surface area contributed by atoms with E-state index < -0.39 is 96.5 Å². The Morgan fingerprint density at radius 2 is 1.20 bits per heavy atom. The van der Waals surface area contributed by atoms with E-state index in [4.69, 9.17) is 33.2 Å². The Labute approximate surface area is 298 Å². The van der Waals surface area contributed by atoms with Crippen LogP contribution < -0.4 is 26.6 Å². The maximum Gasteiger partial charge on any atom is 0.303 e. The lowest BCUT2D eigenvalue weighted by atomic mass is 9.82. The van der Waals surface area contributed by atoms with Gasteiger partial charge in [0.2, 0.25) is 17.7 Å². The van der Waals surface area contributed by atoms with Gasteiger partial charge in [0.05, 0.1) is 36.9 Å². The molecule has 2 aliphatic heterocycles. The molecule has 1 aliphatic carbocycles. The first-order valence-corrected chi connectivity index (χ1v) is 17.2. The van der Waals surface area contributed by atoms with Gasteiger partial charge in [-0.05, 0) is 47.2 Å². The molecule has 2 saturated heterocycles. The van der Waals surface area contributed by atoms with Gasteiger partial charge in [-0.15, -0.1) is 0 Å². The molecule has 18 heteroatoms. The van der Waals surface area contributed by atoms with Crippen molar-refractivity contribution >= 4 is 35.6 Å². The molecule has 0 bridgehead atoms. The van der Waals surface area contributed by atoms with Crippen LogP contribution in [-0.2, 0) is 61.9 Å². The molecule has 3 aliphatic rings. The van der Waals surface area contributed by atoms with Crippen molar-refractivity contribution in [3.63, 3.8) is 0 Å². The van der Waals surface area contributed by atoms with Gasteiger partial charge in [-0.25, -0.2) is 0 Å². The first-order valence-electron chi connectivity index (χ1n) is 17.2. The van der Waals surface area contributed by atoms with Crippen LogP contribution in [0.4, 0.5) is 0 Å². The van der Waals surface area contributed by atoms with E-state index in [-0.39, 0.29) is 31.1 Å². The smallest absolute Gasteiger partial charge is 0.303 e. The summed E-state index contributed by atoms with van der Waals surface area (Å²) in [6.07, 6.45) is -6.49. The highest BCUT2D eigenvalue weighted by Gasteiger charge is 2.56. The van der Waals surface area contributed by atoms with Gasteiger partial charge in [0.1, 0.15) is 12.2 Å². The standard InChI is InChI=1S/C33H55N5O13/c1-15(34-9)25-12-11-22(36-16(2)39)31(48-25)49-26-23(37-17(3)40)13-24(38-18(4)41)27(28(26)46-19(5)42)50-32-29(47-20(6)43)30(35-10)33(8,14-45-32)51-21(7)44/h15,22-32,34-35H,11-14H2,1-10H3,(H,36,39)(H,37,40)(H,38,41)/t15?,22-,23?,24?,25?,26+,27+,28?,29?,30-,31?,32+,33?/m0/s1. The zero-order valence-electron chi connectivity index (χ0n) is 31.1. The predicted octanol–water partition coefficient (Wildman–Crippen LogP) is -1.08. The van der Waals surface area contributed by atoms with Crippen molar-refractivity contribution in [2.75, 3.05) is 20.7 Å². The van der Waals surface area contributed by atoms with Crippen molar-refractivity contribution in [2.45, 2.75) is 154 Å². The predicted molar refractivity (Wildman–Crippen MR) is 177 cm³/mol. The van der Waals surface area contributed by atoms with Gasteiger partial charge < -0.3 is 59.7 Å². The second-order valence-corrected chi connectivity index (χ2v) is 13.6. The van der Waals surface area contributed by atoms with Crippen LogP contribution in [0.25, 0.3) is 0 Å². The zero-order valence-corrected chi connectivity index (χ0v) is 31.1. The van der Waals surface area contributed by atoms with E-state index in [9.17, 15) is 28.8 Å². The fraction of sp³-hybridized carbons (Fsp3) is 0.818. The molecule has 3 rings (SSSR count). The molecule has 0 aromatic carbocycles. The SMILES string of the molecule is CNC(C)C1CC[C@H](NC(C)=O)C(O[C@@H]2C(NC(C)=O)CC(NC(C)=O)[C@@H](O[C@H]3OCC(C)(OC(C)=O)[C@@H](NC)C3OC(C)=O)C2OC(C)=O)O1. The van der Waals surface area contributed by atoms with E-state index in [0.29, 0.717) is 12.8 Å². The van der Waals surface area contributed by atoms with Crippen molar-refractivity contribution in [3.05, 3.63) is 0 Å². The number of hydrogen-bond donors (Lipinski definition) is 5. The Morgan fingerprint density at radius 3 is 1.67 bits per heavy atom. The number of carbonyl (C=O) groups is 6. The maximum atomic E-state index is 12.8. The summed E-state index contributed by atoms with van der Waals surface area (Å²) in [5.74, 6) is -3.18. The second-order valence-electron chi connectivity index (χ2n) is 13.6. The minimum Gasteiger partial charge on any atom is -0.457 e. The minimum atomic E-state index is -1.34. The van der Waals surface area contributed by atoms with Gasteiger partial charge in [-0.3, -0.25) is 28.8 Å². The maximum absolute atomic E-state index is 12.8. The van der Waals surface area contributed by atoms with Crippen LogP contribution in [0, 0.1) is 0 Å². The number of likely N-dealkylation sites (N-methyl/N-ethyl adjacent to an activating group) is 2. The molecular weight excluding hydrogens is 674 g/mol. The van der Waals surface area contributed by atoms with E-state index in [1.807, 2.05) is 6.92 Å². The van der Waals surface area contributed by atoms with Crippen LogP contribution in [0.5, 0.6) is 0 Å². The average molecular weight is 730 g/mol. The highest BCUT2D eigenvalue weighted by molar-refractivity contribution is 5.74. The monoisotopic (exact) mass is 729 g/mol. The first-order chi connectivity index (χ1) is 23.9. The molecule has 5 N–H and O–H groups in total. The van der Waals surface area contributed by atoms with Gasteiger partial charge in [0.25, 0.3) is 0 Å². The van der Waals surface area contributed by atoms with Crippen LogP contribution >= 0.6 is 0 Å². The number of carbonyl (C=O) groups excluding carboxylic acids is 6. The quantitative estimate of drug-likeness (QED) is 0.112. The van der Waals surface area contributed by atoms with Crippen LogP contribution in [0.15, 0.2) is 0 Å². The molecule has 18 nitrogen and oxygen atoms in total. The van der Waals surface area contributed by atoms with Crippen molar-refractivity contribution in [2.24, 2.45) is 0 Å². The molecule has 0 aromatic rings. The number of ether oxygens (including phenoxy) is 7. The summed E-state index contributed by atoms with van der Waals surface area (Å²) in [5, 5.41) is 14.8. The lowest BCUT2D eigenvalue weighted by molar-refractivity contribution is -0.313. The summed E-state index contributed by atoms with van der Waals surface area (Å²) in [6.45, 7) is 11.0. The lowest BCUT2D eigenvalue weighted by Gasteiger charge is -2.51. The fourth-order valence-corrected chi connectivity index (χ4v) is 7.13. The molecule has 13 atom stereocenters. The van der Waals surface area contributed by atoms with Gasteiger partial charge in [0, 0.05) is 47.6 Å². The molecule has 8 unspecified atom stereocenters. The van der Waals surface area contributed by atoms with Crippen LogP contribution in [0.2, 0.25) is 0 Å². The van der Waals surface area contributed by atoms with E-state index >= 15 is 0 Å².